The number of carbonyl (C=O) groups is 1. The number of aryl methyl sites for hydroxylation is 1. The molecule has 0 unspecified atom stereocenters. The smallest absolute Gasteiger partial charge is 0.335 e. The molecule has 1 aliphatic rings. The van der Waals surface area contributed by atoms with Gasteiger partial charge in [-0.1, -0.05) is 24.3 Å². The predicted molar refractivity (Wildman–Crippen MR) is 93.9 cm³/mol. The summed E-state index contributed by atoms with van der Waals surface area (Å²) in [7, 11) is -3.77. The van der Waals surface area contributed by atoms with E-state index < -0.39 is 22.0 Å². The topological polar surface area (TPSA) is 95.5 Å². The lowest BCUT2D eigenvalue weighted by atomic mass is 10.0. The second kappa shape index (κ2) is 7.13. The van der Waals surface area contributed by atoms with Gasteiger partial charge < -0.3 is 5.11 Å². The zero-order chi connectivity index (χ0) is 18.0. The van der Waals surface area contributed by atoms with Crippen LogP contribution in [0.4, 0.5) is 0 Å². The van der Waals surface area contributed by atoms with Crippen molar-refractivity contribution in [2.75, 3.05) is 0 Å². The van der Waals surface area contributed by atoms with Gasteiger partial charge in [0.1, 0.15) is 0 Å². The fourth-order valence-corrected chi connectivity index (χ4v) is 4.73. The third-order valence-corrected chi connectivity index (χ3v) is 5.99. The molecule has 3 N–H and O–H groups in total. The van der Waals surface area contributed by atoms with Gasteiger partial charge in [-0.2, -0.15) is 0 Å². The van der Waals surface area contributed by atoms with Gasteiger partial charge in [0.05, 0.1) is 10.5 Å². The van der Waals surface area contributed by atoms with E-state index in [9.17, 15) is 13.2 Å². The third-order valence-electron chi connectivity index (χ3n) is 4.29. The molecule has 0 bridgehead atoms. The Morgan fingerprint density at radius 2 is 2.00 bits per heavy atom. The van der Waals surface area contributed by atoms with Crippen LogP contribution >= 0.6 is 11.8 Å². The first kappa shape index (κ1) is 17.9. The molecule has 0 fully saturated rings. The fourth-order valence-electron chi connectivity index (χ4n) is 3.09. The lowest BCUT2D eigenvalue weighted by Gasteiger charge is -2.17. The van der Waals surface area contributed by atoms with Gasteiger partial charge in [0.15, 0.2) is 0 Å². The fraction of sp³-hybridized carbons (Fsp3) is 0.235. The molecule has 1 aliphatic carbocycles. The van der Waals surface area contributed by atoms with E-state index in [4.69, 9.17) is 16.9 Å². The molecule has 132 valence electrons. The van der Waals surface area contributed by atoms with E-state index in [-0.39, 0.29) is 17.0 Å². The van der Waals surface area contributed by atoms with Gasteiger partial charge in [0, 0.05) is 12.6 Å². The number of sulfonamides is 1. The van der Waals surface area contributed by atoms with Gasteiger partial charge in [0.2, 0.25) is 10.0 Å². The average Bonchev–Trinajstić information content (AvgIpc) is 2.97. The first-order valence-corrected chi connectivity index (χ1v) is 9.58. The summed E-state index contributed by atoms with van der Waals surface area (Å²) < 4.78 is 28.3. The van der Waals surface area contributed by atoms with Crippen molar-refractivity contribution in [1.82, 2.24) is 9.56 Å². The molecule has 25 heavy (non-hydrogen) atoms. The number of aromatic carboxylic acids is 1. The van der Waals surface area contributed by atoms with E-state index in [0.29, 0.717) is 18.4 Å². The number of carboxylic acids is 1. The molecule has 0 aliphatic heterocycles. The van der Waals surface area contributed by atoms with Crippen LogP contribution in [0.25, 0.3) is 0 Å². The van der Waals surface area contributed by atoms with E-state index >= 15 is 0 Å². The molecule has 1 atom stereocenters. The number of fused-ring (bicyclic) bond motifs is 1. The Hall–Kier alpha value is -1.93. The summed E-state index contributed by atoms with van der Waals surface area (Å²) in [6, 6.07) is 11.0. The lowest BCUT2D eigenvalue weighted by molar-refractivity contribution is 0.0696. The third kappa shape index (κ3) is 3.69. The summed E-state index contributed by atoms with van der Waals surface area (Å²) in [5, 5.41) is 9.15. The van der Waals surface area contributed by atoms with Crippen molar-refractivity contribution >= 4 is 27.8 Å². The molecular weight excluding hydrogens is 364 g/mol. The summed E-state index contributed by atoms with van der Waals surface area (Å²) in [4.78, 5) is 13.8. The van der Waals surface area contributed by atoms with Crippen LogP contribution in [-0.4, -0.2) is 19.5 Å². The second-order valence-corrected chi connectivity index (χ2v) is 7.80. The summed E-state index contributed by atoms with van der Waals surface area (Å²) in [6.45, 7) is 0.211. The van der Waals surface area contributed by atoms with Crippen LogP contribution in [-0.2, 0) is 23.0 Å². The summed E-state index contributed by atoms with van der Waals surface area (Å²) in [5.74, 6) is -1.03. The predicted octanol–water partition coefficient (Wildman–Crippen LogP) is 2.59. The summed E-state index contributed by atoms with van der Waals surface area (Å²) in [5.41, 5.74) is 2.39. The second-order valence-electron chi connectivity index (χ2n) is 5.85. The van der Waals surface area contributed by atoms with Crippen LogP contribution in [0, 0.1) is 0 Å². The zero-order valence-electron chi connectivity index (χ0n) is 13.2. The molecule has 2 aromatic rings. The maximum absolute atomic E-state index is 12.8. The van der Waals surface area contributed by atoms with Gasteiger partial charge in [0.25, 0.3) is 0 Å². The minimum absolute atomic E-state index is 0.150. The van der Waals surface area contributed by atoms with Crippen molar-refractivity contribution < 1.29 is 18.3 Å². The highest BCUT2D eigenvalue weighted by molar-refractivity contribution is 7.89. The first-order valence-electron chi connectivity index (χ1n) is 7.72. The van der Waals surface area contributed by atoms with Gasteiger partial charge in [-0.15, -0.1) is 0 Å². The Bertz CT molecular complexity index is 915. The Kier molecular flexibility index (Phi) is 5.10. The molecule has 0 heterocycles. The monoisotopic (exact) mass is 380 g/mol. The number of hydrogen-bond acceptors (Lipinski definition) is 4. The highest BCUT2D eigenvalue weighted by Gasteiger charge is 2.29. The van der Waals surface area contributed by atoms with E-state index in [1.54, 1.807) is 36.4 Å². The van der Waals surface area contributed by atoms with Crippen molar-refractivity contribution in [3.8, 4) is 0 Å². The van der Waals surface area contributed by atoms with Crippen LogP contribution in [0.3, 0.4) is 0 Å². The number of hydrogen-bond donors (Lipinski definition) is 3. The molecule has 0 radical (unpaired) electrons. The number of carboxylic acid groups (broad SMARTS) is 1. The minimum atomic E-state index is -3.77. The van der Waals surface area contributed by atoms with Gasteiger partial charge in [-0.05, 0) is 59.5 Å². The Labute approximate surface area is 151 Å². The molecule has 0 amide bonds. The van der Waals surface area contributed by atoms with Crippen LogP contribution < -0.4 is 9.56 Å². The first-order chi connectivity index (χ1) is 11.9. The van der Waals surface area contributed by atoms with E-state index in [1.165, 1.54) is 6.07 Å². The quantitative estimate of drug-likeness (QED) is 0.669. The van der Waals surface area contributed by atoms with Crippen molar-refractivity contribution in [1.29, 1.82) is 0 Å². The number of rotatable bonds is 6. The Balaban J connectivity index is 1.92. The largest absolute Gasteiger partial charge is 0.478 e. The molecule has 0 saturated carbocycles. The average molecular weight is 381 g/mol. The molecular formula is C17H17ClN2O4S. The molecule has 0 aromatic heterocycles. The normalized spacial score (nSPS) is 16.6. The molecule has 8 heteroatoms. The SMILES string of the molecule is O=C(O)c1ccc2c(c1)[C@H](NS(=O)(=O)c1ccccc1CNCl)CC2. The lowest BCUT2D eigenvalue weighted by Crippen LogP contribution is -2.28. The minimum Gasteiger partial charge on any atom is -0.478 e. The van der Waals surface area contributed by atoms with Gasteiger partial charge in [-0.3, -0.25) is 0 Å². The van der Waals surface area contributed by atoms with E-state index in [0.717, 1.165) is 11.1 Å². The standard InChI is InChI=1S/C17H17ClN2O4S/c18-19-10-13-3-1-2-4-16(13)25(23,24)20-15-8-7-11-5-6-12(17(21)22)9-14(11)15/h1-6,9,15,19-20H,7-8,10H2,(H,21,22)/t15-/m1/s1. The number of nitrogens with one attached hydrogen (secondary N) is 2. The maximum Gasteiger partial charge on any atom is 0.335 e. The highest BCUT2D eigenvalue weighted by atomic mass is 35.5. The van der Waals surface area contributed by atoms with Crippen LogP contribution in [0.1, 0.15) is 39.5 Å². The molecule has 6 nitrogen and oxygen atoms in total. The number of halogens is 1. The van der Waals surface area contributed by atoms with Crippen molar-refractivity contribution in [2.45, 2.75) is 30.3 Å². The molecule has 2 aromatic carbocycles. The number of benzene rings is 2. The van der Waals surface area contributed by atoms with Gasteiger partial charge in [-0.25, -0.2) is 22.8 Å². The van der Waals surface area contributed by atoms with Crippen molar-refractivity contribution in [3.05, 3.63) is 64.7 Å². The van der Waals surface area contributed by atoms with Crippen molar-refractivity contribution in [2.24, 2.45) is 0 Å². The highest BCUT2D eigenvalue weighted by Crippen LogP contribution is 2.33. The summed E-state index contributed by atoms with van der Waals surface area (Å²) >= 11 is 5.52. The zero-order valence-corrected chi connectivity index (χ0v) is 14.8. The Morgan fingerprint density at radius 3 is 2.72 bits per heavy atom. The van der Waals surface area contributed by atoms with E-state index in [2.05, 4.69) is 9.56 Å². The van der Waals surface area contributed by atoms with Crippen LogP contribution in [0.2, 0.25) is 0 Å². The molecule has 0 saturated heterocycles. The van der Waals surface area contributed by atoms with Crippen LogP contribution in [0.5, 0.6) is 0 Å². The molecule has 0 spiro atoms. The maximum atomic E-state index is 12.8. The Morgan fingerprint density at radius 1 is 1.24 bits per heavy atom. The van der Waals surface area contributed by atoms with Gasteiger partial charge >= 0.3 is 5.97 Å². The molecule has 3 rings (SSSR count). The van der Waals surface area contributed by atoms with Crippen molar-refractivity contribution in [3.63, 3.8) is 0 Å². The van der Waals surface area contributed by atoms with E-state index in [1.807, 2.05) is 0 Å². The van der Waals surface area contributed by atoms with Crippen LogP contribution in [0.15, 0.2) is 47.4 Å². The summed E-state index contributed by atoms with van der Waals surface area (Å²) in [6.07, 6.45) is 1.29.